The molecule has 0 amide bonds. The fourth-order valence-electron chi connectivity index (χ4n) is 1.83. The summed E-state index contributed by atoms with van der Waals surface area (Å²) >= 11 is 0. The van der Waals surface area contributed by atoms with Gasteiger partial charge < -0.3 is 15.5 Å². The number of hydrogen-bond donors (Lipinski definition) is 2. The van der Waals surface area contributed by atoms with Crippen LogP contribution in [0.15, 0.2) is 0 Å². The van der Waals surface area contributed by atoms with Crippen LogP contribution in [0, 0.1) is 0 Å². The van der Waals surface area contributed by atoms with Gasteiger partial charge in [0.25, 0.3) is 0 Å². The summed E-state index contributed by atoms with van der Waals surface area (Å²) < 4.78 is 0. The minimum Gasteiger partial charge on any atom is -0.317 e. The van der Waals surface area contributed by atoms with Crippen molar-refractivity contribution in [3.8, 4) is 0 Å². The van der Waals surface area contributed by atoms with Gasteiger partial charge in [-0.2, -0.15) is 0 Å². The van der Waals surface area contributed by atoms with Crippen molar-refractivity contribution < 1.29 is 0 Å². The van der Waals surface area contributed by atoms with Crippen molar-refractivity contribution in [3.63, 3.8) is 0 Å². The van der Waals surface area contributed by atoms with Gasteiger partial charge in [-0.3, -0.25) is 0 Å². The van der Waals surface area contributed by atoms with Crippen LogP contribution in [0.3, 0.4) is 0 Å². The quantitative estimate of drug-likeness (QED) is 0.603. The Morgan fingerprint density at radius 1 is 1.46 bits per heavy atom. The highest BCUT2D eigenvalue weighted by Crippen LogP contribution is 2.01. The molecule has 1 heterocycles. The van der Waals surface area contributed by atoms with Gasteiger partial charge in [0.2, 0.25) is 0 Å². The molecule has 13 heavy (non-hydrogen) atoms. The lowest BCUT2D eigenvalue weighted by atomic mass is 10.1. The van der Waals surface area contributed by atoms with E-state index in [9.17, 15) is 0 Å². The van der Waals surface area contributed by atoms with E-state index in [-0.39, 0.29) is 0 Å². The monoisotopic (exact) mass is 185 g/mol. The van der Waals surface area contributed by atoms with Gasteiger partial charge in [-0.15, -0.1) is 0 Å². The second kappa shape index (κ2) is 6.35. The van der Waals surface area contributed by atoms with Crippen molar-refractivity contribution in [2.45, 2.75) is 26.3 Å². The maximum Gasteiger partial charge on any atom is 0.0207 e. The second-order valence-electron chi connectivity index (χ2n) is 3.69. The summed E-state index contributed by atoms with van der Waals surface area (Å²) in [6, 6.07) is 0.702. The minimum atomic E-state index is 0.702. The van der Waals surface area contributed by atoms with Gasteiger partial charge in [0.1, 0.15) is 0 Å². The first-order chi connectivity index (χ1) is 6.36. The van der Waals surface area contributed by atoms with Gasteiger partial charge in [0, 0.05) is 25.7 Å². The molecule has 1 fully saturated rings. The lowest BCUT2D eigenvalue weighted by Crippen LogP contribution is -2.51. The molecule has 3 heteroatoms. The van der Waals surface area contributed by atoms with Crippen molar-refractivity contribution in [2.75, 3.05) is 39.3 Å². The van der Waals surface area contributed by atoms with Crippen LogP contribution in [-0.4, -0.2) is 50.2 Å². The highest BCUT2D eigenvalue weighted by molar-refractivity contribution is 4.78. The summed E-state index contributed by atoms with van der Waals surface area (Å²) in [5.41, 5.74) is 0. The van der Waals surface area contributed by atoms with Crippen LogP contribution < -0.4 is 10.6 Å². The largest absolute Gasteiger partial charge is 0.317 e. The first-order valence-corrected chi connectivity index (χ1v) is 5.53. The molecule has 0 radical (unpaired) electrons. The maximum absolute atomic E-state index is 3.56. The molecule has 0 aliphatic carbocycles. The molecule has 1 saturated heterocycles. The van der Waals surface area contributed by atoms with Crippen LogP contribution in [0.1, 0.15) is 20.3 Å². The predicted octanol–water partition coefficient (Wildman–Crippen LogP) is 0.280. The molecule has 3 nitrogen and oxygen atoms in total. The molecule has 1 unspecified atom stereocenters. The average molecular weight is 185 g/mol. The number of nitrogens with zero attached hydrogens (tertiary/aromatic N) is 1. The molecule has 0 saturated carbocycles. The van der Waals surface area contributed by atoms with E-state index in [0.29, 0.717) is 6.04 Å². The van der Waals surface area contributed by atoms with Crippen molar-refractivity contribution in [1.82, 2.24) is 15.5 Å². The Balaban J connectivity index is 2.11. The second-order valence-corrected chi connectivity index (χ2v) is 3.69. The minimum absolute atomic E-state index is 0.702. The number of hydrogen-bond acceptors (Lipinski definition) is 3. The van der Waals surface area contributed by atoms with E-state index in [0.717, 1.165) is 19.6 Å². The topological polar surface area (TPSA) is 27.3 Å². The van der Waals surface area contributed by atoms with E-state index in [1.54, 1.807) is 0 Å². The third-order valence-corrected chi connectivity index (χ3v) is 2.71. The normalized spacial score (nSPS) is 24.9. The SMILES string of the molecule is CCNCCC1CN(CC)CCN1. The average Bonchev–Trinajstić information content (AvgIpc) is 2.19. The highest BCUT2D eigenvalue weighted by Gasteiger charge is 2.16. The van der Waals surface area contributed by atoms with Crippen LogP contribution in [0.5, 0.6) is 0 Å². The summed E-state index contributed by atoms with van der Waals surface area (Å²) in [6.45, 7) is 11.4. The van der Waals surface area contributed by atoms with Gasteiger partial charge in [0.05, 0.1) is 0 Å². The number of rotatable bonds is 5. The molecule has 1 rings (SSSR count). The summed E-state index contributed by atoms with van der Waals surface area (Å²) in [4.78, 5) is 2.52. The first-order valence-electron chi connectivity index (χ1n) is 5.53. The van der Waals surface area contributed by atoms with Crippen LogP contribution >= 0.6 is 0 Å². The third-order valence-electron chi connectivity index (χ3n) is 2.71. The van der Waals surface area contributed by atoms with E-state index in [4.69, 9.17) is 0 Å². The third kappa shape index (κ3) is 4.07. The van der Waals surface area contributed by atoms with Crippen LogP contribution in [-0.2, 0) is 0 Å². The van der Waals surface area contributed by atoms with E-state index >= 15 is 0 Å². The summed E-state index contributed by atoms with van der Waals surface area (Å²) in [6.07, 6.45) is 1.25. The van der Waals surface area contributed by atoms with Crippen molar-refractivity contribution in [2.24, 2.45) is 0 Å². The van der Waals surface area contributed by atoms with E-state index in [1.807, 2.05) is 0 Å². The summed E-state index contributed by atoms with van der Waals surface area (Å²) in [5.74, 6) is 0. The Kier molecular flexibility index (Phi) is 5.35. The van der Waals surface area contributed by atoms with Crippen LogP contribution in [0.2, 0.25) is 0 Å². The molecule has 1 atom stereocenters. The number of nitrogens with one attached hydrogen (secondary N) is 2. The van der Waals surface area contributed by atoms with Gasteiger partial charge in [-0.1, -0.05) is 13.8 Å². The molecule has 0 aromatic rings. The molecule has 0 aromatic heterocycles. The lowest BCUT2D eigenvalue weighted by Gasteiger charge is -2.32. The zero-order valence-corrected chi connectivity index (χ0v) is 8.97. The van der Waals surface area contributed by atoms with E-state index in [2.05, 4.69) is 29.4 Å². The summed E-state index contributed by atoms with van der Waals surface area (Å²) in [5, 5.41) is 6.93. The number of piperazine rings is 1. The lowest BCUT2D eigenvalue weighted by molar-refractivity contribution is 0.203. The molecule has 1 aliphatic heterocycles. The van der Waals surface area contributed by atoms with Crippen molar-refractivity contribution in [1.29, 1.82) is 0 Å². The Bertz CT molecular complexity index is 127. The summed E-state index contributed by atoms with van der Waals surface area (Å²) in [7, 11) is 0. The van der Waals surface area contributed by atoms with Gasteiger partial charge in [-0.05, 0) is 26.1 Å². The molecule has 0 aromatic carbocycles. The highest BCUT2D eigenvalue weighted by atomic mass is 15.2. The molecule has 0 spiro atoms. The zero-order chi connectivity index (χ0) is 9.52. The van der Waals surface area contributed by atoms with Crippen molar-refractivity contribution >= 4 is 0 Å². The maximum atomic E-state index is 3.56. The fraction of sp³-hybridized carbons (Fsp3) is 1.00. The Morgan fingerprint density at radius 3 is 3.00 bits per heavy atom. The molecular weight excluding hydrogens is 162 g/mol. The smallest absolute Gasteiger partial charge is 0.0207 e. The zero-order valence-electron chi connectivity index (χ0n) is 8.97. The predicted molar refractivity (Wildman–Crippen MR) is 57.1 cm³/mol. The van der Waals surface area contributed by atoms with Crippen LogP contribution in [0.25, 0.3) is 0 Å². The van der Waals surface area contributed by atoms with E-state index < -0.39 is 0 Å². The Labute approximate surface area is 81.9 Å². The van der Waals surface area contributed by atoms with E-state index in [1.165, 1.54) is 26.1 Å². The van der Waals surface area contributed by atoms with Gasteiger partial charge in [-0.25, -0.2) is 0 Å². The van der Waals surface area contributed by atoms with Crippen LogP contribution in [0.4, 0.5) is 0 Å². The molecule has 78 valence electrons. The molecular formula is C10H23N3. The Hall–Kier alpha value is -0.120. The number of likely N-dealkylation sites (N-methyl/N-ethyl adjacent to an activating group) is 1. The molecule has 2 N–H and O–H groups in total. The Morgan fingerprint density at radius 2 is 2.31 bits per heavy atom. The molecule has 1 aliphatic rings. The van der Waals surface area contributed by atoms with Gasteiger partial charge >= 0.3 is 0 Å². The standard InChI is InChI=1S/C10H23N3/c1-3-11-6-5-10-9-13(4-2)8-7-12-10/h10-12H,3-9H2,1-2H3. The molecule has 0 bridgehead atoms. The van der Waals surface area contributed by atoms with Crippen molar-refractivity contribution in [3.05, 3.63) is 0 Å². The van der Waals surface area contributed by atoms with Gasteiger partial charge in [0.15, 0.2) is 0 Å². The fourth-order valence-corrected chi connectivity index (χ4v) is 1.83. The first kappa shape index (κ1) is 11.0.